The number of Topliss-reactive ketones (excluding diaryl/α,β-unsaturated/α-hetero) is 2. The van der Waals surface area contributed by atoms with Gasteiger partial charge in [-0.05, 0) is 169 Å². The van der Waals surface area contributed by atoms with Crippen molar-refractivity contribution >= 4 is 20.4 Å². The van der Waals surface area contributed by atoms with Crippen LogP contribution in [0.15, 0.2) is 24.3 Å². The van der Waals surface area contributed by atoms with Crippen molar-refractivity contribution in [3.63, 3.8) is 0 Å². The van der Waals surface area contributed by atoms with Gasteiger partial charge in [0.05, 0.1) is 66.1 Å². The number of carbonyl (C=O) groups is 2. The molecule has 0 aromatic rings. The predicted octanol–water partition coefficient (Wildman–Crippen LogP) is 15.2. The number of unbranched alkanes of at least 4 members (excludes halogenated alkanes) is 4. The van der Waals surface area contributed by atoms with Gasteiger partial charge in [0.15, 0.2) is 11.6 Å². The minimum atomic E-state index is -0.905. The van der Waals surface area contributed by atoms with E-state index in [4.69, 9.17) is 37.7 Å². The number of allylic oxidation sites excluding steroid dienone is 2. The van der Waals surface area contributed by atoms with Crippen molar-refractivity contribution < 1.29 is 47.3 Å². The van der Waals surface area contributed by atoms with Gasteiger partial charge in [0.1, 0.15) is 11.2 Å². The maximum absolute atomic E-state index is 13.3. The Morgan fingerprint density at radius 1 is 0.478 bits per heavy atom. The van der Waals surface area contributed by atoms with Crippen LogP contribution in [-0.2, 0) is 47.3 Å². The fourth-order valence-corrected chi connectivity index (χ4v) is 8.72. The SMILES string of the molecule is CCCCCC(C/C=C/CC(=O)C(C)(C)OCCC(C)(C)OPCC(CC)OC(C)(C)CCOC(C)(C)C(=O)C/C=C/CC(CCCCC)OC(C)(C)CCOC(C)C)OC(C)(C)CCOC(C)C. The van der Waals surface area contributed by atoms with E-state index in [1.54, 1.807) is 0 Å². The Bertz CT molecular complexity index is 1400. The Balaban J connectivity index is 4.92. The van der Waals surface area contributed by atoms with Crippen molar-refractivity contribution in [2.24, 2.45) is 0 Å². The molecule has 0 bridgehead atoms. The molecular weight excluding hydrogens is 888 g/mol. The van der Waals surface area contributed by atoms with E-state index in [2.05, 4.69) is 116 Å². The van der Waals surface area contributed by atoms with E-state index in [1.165, 1.54) is 25.7 Å². The quantitative estimate of drug-likeness (QED) is 0.0332. The lowest BCUT2D eigenvalue weighted by Gasteiger charge is -2.33. The third-order valence-corrected chi connectivity index (χ3v) is 13.9. The molecule has 0 N–H and O–H groups in total. The maximum Gasteiger partial charge on any atom is 0.167 e. The molecule has 0 saturated carbocycles. The van der Waals surface area contributed by atoms with Crippen LogP contribution in [0.3, 0.4) is 0 Å². The van der Waals surface area contributed by atoms with Gasteiger partial charge in [0.25, 0.3) is 0 Å². The molecule has 4 atom stereocenters. The van der Waals surface area contributed by atoms with E-state index in [0.717, 1.165) is 63.9 Å². The van der Waals surface area contributed by atoms with Crippen LogP contribution in [-0.4, -0.2) is 108 Å². The van der Waals surface area contributed by atoms with Crippen molar-refractivity contribution in [1.82, 2.24) is 0 Å². The summed E-state index contributed by atoms with van der Waals surface area (Å²) < 4.78 is 50.2. The highest BCUT2D eigenvalue weighted by Gasteiger charge is 2.32. The summed E-state index contributed by atoms with van der Waals surface area (Å²) in [6, 6.07) is 0. The van der Waals surface area contributed by atoms with Crippen molar-refractivity contribution in [3.8, 4) is 0 Å². The summed E-state index contributed by atoms with van der Waals surface area (Å²) in [7, 11) is 0.255. The molecule has 0 aromatic heterocycles. The van der Waals surface area contributed by atoms with Gasteiger partial charge in [0, 0.05) is 41.0 Å². The van der Waals surface area contributed by atoms with Crippen molar-refractivity contribution in [1.29, 1.82) is 0 Å². The van der Waals surface area contributed by atoms with Crippen LogP contribution in [0.25, 0.3) is 0 Å². The van der Waals surface area contributed by atoms with Gasteiger partial charge in [0.2, 0.25) is 0 Å². The lowest BCUT2D eigenvalue weighted by molar-refractivity contribution is -0.143. The number of hydrogen-bond acceptors (Lipinski definition) is 10. The molecule has 0 aliphatic heterocycles. The lowest BCUT2D eigenvalue weighted by Crippen LogP contribution is -2.38. The van der Waals surface area contributed by atoms with E-state index in [0.29, 0.717) is 52.1 Å². The number of rotatable bonds is 45. The molecule has 69 heavy (non-hydrogen) atoms. The molecule has 0 spiro atoms. The number of ketones is 2. The number of carbonyl (C=O) groups excluding carboxylic acids is 2. The zero-order chi connectivity index (χ0) is 52.8. The van der Waals surface area contributed by atoms with Gasteiger partial charge < -0.3 is 37.7 Å². The van der Waals surface area contributed by atoms with E-state index in [-0.39, 0.29) is 62.1 Å². The molecule has 408 valence electrons. The molecule has 0 fully saturated rings. The average molecular weight is 999 g/mol. The summed E-state index contributed by atoms with van der Waals surface area (Å²) in [6.45, 7) is 41.3. The third kappa shape index (κ3) is 35.7. The Kier molecular flexibility index (Phi) is 34.6. The van der Waals surface area contributed by atoms with Crippen LogP contribution in [0, 0.1) is 0 Å². The summed E-state index contributed by atoms with van der Waals surface area (Å²) in [5.74, 6) is 0.111. The first-order valence-corrected chi connectivity index (χ1v) is 28.4. The monoisotopic (exact) mass is 999 g/mol. The smallest absolute Gasteiger partial charge is 0.167 e. The van der Waals surface area contributed by atoms with E-state index >= 15 is 0 Å². The molecule has 0 aromatic carbocycles. The first-order valence-electron chi connectivity index (χ1n) is 27.3. The van der Waals surface area contributed by atoms with Crippen molar-refractivity contribution in [2.75, 3.05) is 32.6 Å². The van der Waals surface area contributed by atoms with Gasteiger partial charge in [-0.15, -0.1) is 0 Å². The summed E-state index contributed by atoms with van der Waals surface area (Å²) in [5, 5.41) is 0. The normalized spacial score (nSPS) is 15.2. The van der Waals surface area contributed by atoms with Gasteiger partial charge >= 0.3 is 0 Å². The fraction of sp³-hybridized carbons (Fsp3) is 0.897. The van der Waals surface area contributed by atoms with E-state index in [1.807, 2.05) is 39.8 Å². The van der Waals surface area contributed by atoms with Crippen LogP contribution in [0.2, 0.25) is 0 Å². The van der Waals surface area contributed by atoms with Crippen LogP contribution in [0.4, 0.5) is 0 Å². The Hall–Kier alpha value is -1.07. The largest absolute Gasteiger partial charge is 0.379 e. The van der Waals surface area contributed by atoms with Crippen LogP contribution < -0.4 is 0 Å². The third-order valence-electron chi connectivity index (χ3n) is 12.6. The van der Waals surface area contributed by atoms with Crippen LogP contribution in [0.5, 0.6) is 0 Å². The van der Waals surface area contributed by atoms with Crippen molar-refractivity contribution in [3.05, 3.63) is 24.3 Å². The molecule has 0 rings (SSSR count). The number of hydrogen-bond donors (Lipinski definition) is 0. The van der Waals surface area contributed by atoms with E-state index in [9.17, 15) is 9.59 Å². The topological polar surface area (TPSA) is 108 Å². The second kappa shape index (κ2) is 35.2. The minimum absolute atomic E-state index is 0.0254. The van der Waals surface area contributed by atoms with Gasteiger partial charge in [-0.25, -0.2) is 0 Å². The second-order valence-electron chi connectivity index (χ2n) is 23.3. The zero-order valence-corrected chi connectivity index (χ0v) is 49.3. The molecule has 0 aliphatic carbocycles. The zero-order valence-electron chi connectivity index (χ0n) is 48.3. The van der Waals surface area contributed by atoms with Gasteiger partial charge in [-0.3, -0.25) is 9.59 Å². The molecular formula is C58H111O10P. The molecule has 0 heterocycles. The average Bonchev–Trinajstić information content (AvgIpc) is 3.22. The predicted molar refractivity (Wildman–Crippen MR) is 291 cm³/mol. The fourth-order valence-electron chi connectivity index (χ4n) is 7.59. The van der Waals surface area contributed by atoms with Crippen LogP contribution >= 0.6 is 8.81 Å². The van der Waals surface area contributed by atoms with Crippen LogP contribution in [0.1, 0.15) is 241 Å². The Labute approximate surface area is 427 Å². The highest BCUT2D eigenvalue weighted by atomic mass is 31.1. The highest BCUT2D eigenvalue weighted by molar-refractivity contribution is 7.32. The summed E-state index contributed by atoms with van der Waals surface area (Å²) in [4.78, 5) is 26.6. The Morgan fingerprint density at radius 2 is 0.841 bits per heavy atom. The molecule has 11 heteroatoms. The molecule has 4 unspecified atom stereocenters. The second-order valence-corrected chi connectivity index (χ2v) is 24.2. The number of ether oxygens (including phenoxy) is 7. The van der Waals surface area contributed by atoms with Gasteiger partial charge in [-0.1, -0.05) is 83.6 Å². The van der Waals surface area contributed by atoms with E-state index < -0.39 is 22.4 Å². The maximum atomic E-state index is 13.3. The minimum Gasteiger partial charge on any atom is -0.379 e. The standard InChI is InChI=1S/C58H111O10P/c1-20-23-25-31-49(66-53(8,9)37-41-61-46(4)5)33-27-29-35-51(59)57(16,17)63-43-39-55(12,13)65-48(22-3)45-69-68-56(14,15)40-44-64-58(18,19)52(60)36-30-28-34-50(32-26-24-21-2)67-54(10,11)38-42-62-47(6)7/h27-30,46-50,69H,20-26,31-45H2,1-19H3/b29-27+,30-28+. The summed E-state index contributed by atoms with van der Waals surface area (Å²) >= 11 is 0. The molecule has 0 aliphatic rings. The molecule has 0 amide bonds. The lowest BCUT2D eigenvalue weighted by atomic mass is 9.99. The molecule has 0 saturated heterocycles. The molecule has 10 nitrogen and oxygen atoms in total. The van der Waals surface area contributed by atoms with Crippen molar-refractivity contribution in [2.45, 2.75) is 305 Å². The Morgan fingerprint density at radius 3 is 1.20 bits per heavy atom. The summed E-state index contributed by atoms with van der Waals surface area (Å²) in [6.07, 6.45) is 24.6. The first-order chi connectivity index (χ1) is 32.0. The van der Waals surface area contributed by atoms with Gasteiger partial charge in [-0.2, -0.15) is 0 Å². The molecule has 0 radical (unpaired) electrons. The summed E-state index contributed by atoms with van der Waals surface area (Å²) in [5.41, 5.74) is -3.22. The highest BCUT2D eigenvalue weighted by Crippen LogP contribution is 2.31. The first kappa shape index (κ1) is 67.9.